The van der Waals surface area contributed by atoms with Crippen molar-refractivity contribution < 1.29 is 9.47 Å². The van der Waals surface area contributed by atoms with Gasteiger partial charge in [0, 0.05) is 30.4 Å². The quantitative estimate of drug-likeness (QED) is 0.352. The van der Waals surface area contributed by atoms with E-state index in [2.05, 4.69) is 68.0 Å². The summed E-state index contributed by atoms with van der Waals surface area (Å²) >= 11 is 5.26. The minimum atomic E-state index is 0.495. The summed E-state index contributed by atoms with van der Waals surface area (Å²) in [7, 11) is 3.49. The van der Waals surface area contributed by atoms with Crippen molar-refractivity contribution in [3.8, 4) is 11.5 Å². The Balaban J connectivity index is 1.53. The number of methoxy groups -OCH3 is 1. The monoisotopic (exact) mass is 477 g/mol. The predicted molar refractivity (Wildman–Crippen MR) is 117 cm³/mol. The molecule has 29 heavy (non-hydrogen) atoms. The van der Waals surface area contributed by atoms with Crippen LogP contribution < -0.4 is 14.8 Å². The van der Waals surface area contributed by atoms with Gasteiger partial charge in [-0.05, 0) is 40.6 Å². The first-order chi connectivity index (χ1) is 14.1. The molecule has 0 atom stereocenters. The van der Waals surface area contributed by atoms with Crippen LogP contribution in [0.15, 0.2) is 46.0 Å². The van der Waals surface area contributed by atoms with Crippen molar-refractivity contribution in [1.82, 2.24) is 25.5 Å². The van der Waals surface area contributed by atoms with Gasteiger partial charge in [-0.2, -0.15) is 0 Å². The number of nitrogens with one attached hydrogen (secondary N) is 1. The molecule has 0 aliphatic carbocycles. The largest absolute Gasteiger partial charge is 0.493 e. The summed E-state index contributed by atoms with van der Waals surface area (Å²) in [6.45, 7) is 4.11. The van der Waals surface area contributed by atoms with E-state index in [-0.39, 0.29) is 0 Å². The van der Waals surface area contributed by atoms with E-state index in [9.17, 15) is 0 Å². The number of aromatic nitrogens is 4. The van der Waals surface area contributed by atoms with Gasteiger partial charge in [0.2, 0.25) is 5.16 Å². The summed E-state index contributed by atoms with van der Waals surface area (Å²) < 4.78 is 14.2. The highest BCUT2D eigenvalue weighted by Gasteiger charge is 2.11. The molecule has 0 aliphatic rings. The molecule has 1 heterocycles. The summed E-state index contributed by atoms with van der Waals surface area (Å²) in [5.41, 5.74) is 3.46. The van der Waals surface area contributed by atoms with Crippen LogP contribution in [0.2, 0.25) is 0 Å². The summed E-state index contributed by atoms with van der Waals surface area (Å²) in [6.07, 6.45) is 0. The first kappa shape index (κ1) is 21.6. The second-order valence-corrected chi connectivity index (χ2v) is 8.40. The molecular weight excluding hydrogens is 454 g/mol. The highest BCUT2D eigenvalue weighted by atomic mass is 79.9. The lowest BCUT2D eigenvalue weighted by molar-refractivity contribution is 0.284. The minimum Gasteiger partial charge on any atom is -0.493 e. The van der Waals surface area contributed by atoms with E-state index in [1.165, 1.54) is 5.56 Å². The van der Waals surface area contributed by atoms with Crippen LogP contribution in [-0.2, 0) is 20.2 Å². The zero-order valence-corrected chi connectivity index (χ0v) is 19.1. The second kappa shape index (κ2) is 10.6. The van der Waals surface area contributed by atoms with Crippen LogP contribution in [0.1, 0.15) is 16.7 Å². The highest BCUT2D eigenvalue weighted by molar-refractivity contribution is 9.10. The Morgan fingerprint density at radius 1 is 1.17 bits per heavy atom. The van der Waals surface area contributed by atoms with Crippen molar-refractivity contribution >= 4 is 27.7 Å². The standard InChI is InChI=1S/C20H24BrN5O2S/c1-14-4-6-15(7-5-14)13-28-19-11-17(21)16(10-18(19)27-3)12-22-8-9-29-20-23-24-25-26(20)2/h4-7,10-11,22H,8-9,12-13H2,1-3H3. The number of hydrogen-bond acceptors (Lipinski definition) is 7. The van der Waals surface area contributed by atoms with Crippen LogP contribution in [0.25, 0.3) is 0 Å². The number of benzene rings is 2. The van der Waals surface area contributed by atoms with Crippen LogP contribution in [0.4, 0.5) is 0 Å². The fourth-order valence-corrected chi connectivity index (χ4v) is 3.82. The molecule has 0 amide bonds. The molecule has 0 unspecified atom stereocenters. The minimum absolute atomic E-state index is 0.495. The number of ether oxygens (including phenoxy) is 2. The summed E-state index contributed by atoms with van der Waals surface area (Å²) in [4.78, 5) is 0. The van der Waals surface area contributed by atoms with Gasteiger partial charge in [-0.15, -0.1) is 5.10 Å². The average molecular weight is 478 g/mol. The molecule has 0 fully saturated rings. The molecule has 0 spiro atoms. The van der Waals surface area contributed by atoms with Gasteiger partial charge in [-0.3, -0.25) is 0 Å². The molecular formula is C20H24BrN5O2S. The van der Waals surface area contributed by atoms with E-state index in [0.29, 0.717) is 18.9 Å². The summed E-state index contributed by atoms with van der Waals surface area (Å²) in [6, 6.07) is 12.3. The molecule has 1 N–H and O–H groups in total. The lowest BCUT2D eigenvalue weighted by Gasteiger charge is -2.14. The van der Waals surface area contributed by atoms with Gasteiger partial charge in [-0.1, -0.05) is 57.5 Å². The molecule has 2 aromatic carbocycles. The lowest BCUT2D eigenvalue weighted by Crippen LogP contribution is -2.17. The highest BCUT2D eigenvalue weighted by Crippen LogP contribution is 2.34. The molecule has 7 nitrogen and oxygen atoms in total. The van der Waals surface area contributed by atoms with Gasteiger partial charge < -0.3 is 14.8 Å². The number of halogens is 1. The van der Waals surface area contributed by atoms with Crippen molar-refractivity contribution in [2.45, 2.75) is 25.2 Å². The first-order valence-electron chi connectivity index (χ1n) is 9.17. The molecule has 0 aliphatic heterocycles. The van der Waals surface area contributed by atoms with E-state index >= 15 is 0 Å². The Kier molecular flexibility index (Phi) is 7.91. The normalized spacial score (nSPS) is 10.9. The number of hydrogen-bond donors (Lipinski definition) is 1. The number of nitrogens with zero attached hydrogens (tertiary/aromatic N) is 4. The molecule has 0 saturated heterocycles. The summed E-state index contributed by atoms with van der Waals surface area (Å²) in [5.74, 6) is 2.31. The smallest absolute Gasteiger partial charge is 0.209 e. The average Bonchev–Trinajstić information content (AvgIpc) is 3.13. The zero-order chi connectivity index (χ0) is 20.6. The van der Waals surface area contributed by atoms with Crippen LogP contribution in [0.3, 0.4) is 0 Å². The lowest BCUT2D eigenvalue weighted by atomic mass is 10.1. The Morgan fingerprint density at radius 3 is 2.66 bits per heavy atom. The molecule has 9 heteroatoms. The first-order valence-corrected chi connectivity index (χ1v) is 11.0. The Bertz CT molecular complexity index is 933. The van der Waals surface area contributed by atoms with Gasteiger partial charge in [0.15, 0.2) is 11.5 Å². The molecule has 0 radical (unpaired) electrons. The van der Waals surface area contributed by atoms with Crippen LogP contribution in [0.5, 0.6) is 11.5 Å². The topological polar surface area (TPSA) is 74.1 Å². The molecule has 154 valence electrons. The summed E-state index contributed by atoms with van der Waals surface area (Å²) in [5, 5.41) is 15.7. The van der Waals surface area contributed by atoms with E-state index in [0.717, 1.165) is 38.8 Å². The van der Waals surface area contributed by atoms with E-state index in [4.69, 9.17) is 9.47 Å². The molecule has 1 aromatic heterocycles. The van der Waals surface area contributed by atoms with Gasteiger partial charge in [-0.25, -0.2) is 4.68 Å². The van der Waals surface area contributed by atoms with Crippen molar-refractivity contribution in [2.24, 2.45) is 7.05 Å². The van der Waals surface area contributed by atoms with Gasteiger partial charge >= 0.3 is 0 Å². The van der Waals surface area contributed by atoms with Crippen molar-refractivity contribution in [3.63, 3.8) is 0 Å². The number of aryl methyl sites for hydroxylation is 2. The zero-order valence-electron chi connectivity index (χ0n) is 16.7. The molecule has 0 bridgehead atoms. The van der Waals surface area contributed by atoms with Crippen molar-refractivity contribution in [3.05, 3.63) is 57.6 Å². The SMILES string of the molecule is COc1cc(CNCCSc2nnnn2C)c(Br)cc1OCc1ccc(C)cc1. The Morgan fingerprint density at radius 2 is 1.97 bits per heavy atom. The predicted octanol–water partition coefficient (Wildman–Crippen LogP) is 3.75. The third kappa shape index (κ3) is 6.19. The fourth-order valence-electron chi connectivity index (χ4n) is 2.61. The molecule has 3 aromatic rings. The maximum atomic E-state index is 5.99. The van der Waals surface area contributed by atoms with Gasteiger partial charge in [0.05, 0.1) is 7.11 Å². The third-order valence-electron chi connectivity index (χ3n) is 4.25. The number of thioether (sulfide) groups is 1. The van der Waals surface area contributed by atoms with Crippen molar-refractivity contribution in [1.29, 1.82) is 0 Å². The third-order valence-corrected chi connectivity index (χ3v) is 6.00. The maximum absolute atomic E-state index is 5.99. The van der Waals surface area contributed by atoms with Crippen LogP contribution in [-0.4, -0.2) is 39.6 Å². The number of rotatable bonds is 10. The van der Waals surface area contributed by atoms with Crippen LogP contribution >= 0.6 is 27.7 Å². The second-order valence-electron chi connectivity index (χ2n) is 6.48. The van der Waals surface area contributed by atoms with E-state index in [1.54, 1.807) is 23.6 Å². The fraction of sp³-hybridized carbons (Fsp3) is 0.350. The van der Waals surface area contributed by atoms with Gasteiger partial charge in [0.25, 0.3) is 0 Å². The number of tetrazole rings is 1. The van der Waals surface area contributed by atoms with Crippen molar-refractivity contribution in [2.75, 3.05) is 19.4 Å². The van der Waals surface area contributed by atoms with E-state index in [1.807, 2.05) is 19.2 Å². The Labute approximate surface area is 183 Å². The van der Waals surface area contributed by atoms with Gasteiger partial charge in [0.1, 0.15) is 6.61 Å². The van der Waals surface area contributed by atoms with E-state index < -0.39 is 0 Å². The molecule has 0 saturated carbocycles. The van der Waals surface area contributed by atoms with Crippen LogP contribution in [0, 0.1) is 6.92 Å². The molecule has 3 rings (SSSR count). The Hall–Kier alpha value is -2.10. The maximum Gasteiger partial charge on any atom is 0.209 e.